The van der Waals surface area contributed by atoms with E-state index in [1.807, 2.05) is 48.5 Å². The Morgan fingerprint density at radius 3 is 2.33 bits per heavy atom. The number of carbonyl (C=O) groups excluding carboxylic acids is 1. The van der Waals surface area contributed by atoms with Crippen molar-refractivity contribution in [3.8, 4) is 5.75 Å². The van der Waals surface area contributed by atoms with Gasteiger partial charge in [-0.3, -0.25) is 4.79 Å². The maximum absolute atomic E-state index is 12.1. The fraction of sp³-hybridized carbons (Fsp3) is 0.350. The number of ether oxygens (including phenoxy) is 2. The summed E-state index contributed by atoms with van der Waals surface area (Å²) in [7, 11) is 0. The molecule has 4 heteroatoms. The van der Waals surface area contributed by atoms with Gasteiger partial charge in [-0.25, -0.2) is 0 Å². The van der Waals surface area contributed by atoms with E-state index in [1.165, 1.54) is 18.4 Å². The highest BCUT2D eigenvalue weighted by atomic mass is 16.5. The normalized spacial score (nSPS) is 14.8. The first kappa shape index (κ1) is 16.5. The molecule has 0 heterocycles. The third kappa shape index (κ3) is 5.10. The van der Waals surface area contributed by atoms with Gasteiger partial charge in [-0.15, -0.1) is 0 Å². The molecule has 2 aromatic rings. The molecule has 1 aliphatic rings. The van der Waals surface area contributed by atoms with Gasteiger partial charge in [0.05, 0.1) is 12.6 Å². The monoisotopic (exact) mass is 325 g/mol. The zero-order valence-electron chi connectivity index (χ0n) is 13.7. The third-order valence-electron chi connectivity index (χ3n) is 4.04. The molecule has 0 spiro atoms. The summed E-state index contributed by atoms with van der Waals surface area (Å²) >= 11 is 0. The summed E-state index contributed by atoms with van der Waals surface area (Å²) in [4.78, 5) is 12.1. The molecule has 24 heavy (non-hydrogen) atoms. The maximum Gasteiger partial charge on any atom is 0.246 e. The Balaban J connectivity index is 1.37. The molecular weight excluding hydrogens is 302 g/mol. The number of hydrogen-bond donors (Lipinski definition) is 1. The predicted molar refractivity (Wildman–Crippen MR) is 92.8 cm³/mol. The van der Waals surface area contributed by atoms with Crippen molar-refractivity contribution in [3.05, 3.63) is 66.2 Å². The minimum Gasteiger partial charge on any atom is -0.491 e. The zero-order valence-corrected chi connectivity index (χ0v) is 13.7. The molecular formula is C20H23NO3. The fourth-order valence-corrected chi connectivity index (χ4v) is 2.68. The number of rotatable bonds is 9. The van der Waals surface area contributed by atoms with E-state index >= 15 is 0 Å². The van der Waals surface area contributed by atoms with Gasteiger partial charge < -0.3 is 14.8 Å². The first-order chi connectivity index (χ1) is 11.8. The summed E-state index contributed by atoms with van der Waals surface area (Å²) in [5, 5.41) is 3.10. The lowest BCUT2D eigenvalue weighted by Crippen LogP contribution is -2.33. The molecule has 1 saturated carbocycles. The molecule has 0 saturated heterocycles. The molecule has 0 radical (unpaired) electrons. The van der Waals surface area contributed by atoms with Crippen molar-refractivity contribution in [3.63, 3.8) is 0 Å². The van der Waals surface area contributed by atoms with Crippen LogP contribution in [0.2, 0.25) is 0 Å². The minimum absolute atomic E-state index is 0.0637. The Kier molecular flexibility index (Phi) is 5.85. The first-order valence-electron chi connectivity index (χ1n) is 8.43. The molecule has 1 aliphatic carbocycles. The van der Waals surface area contributed by atoms with Crippen LogP contribution in [0.5, 0.6) is 5.75 Å². The van der Waals surface area contributed by atoms with E-state index in [0.29, 0.717) is 19.1 Å². The standard InChI is InChI=1S/C20H23NO3/c22-19(15-23-13-14-24-18-9-5-2-6-10-18)21-20(17-11-12-17)16-7-3-1-4-8-16/h1-10,17,20H,11-15H2,(H,21,22). The molecule has 1 N–H and O–H groups in total. The summed E-state index contributed by atoms with van der Waals surface area (Å²) in [6, 6.07) is 19.8. The number of hydrogen-bond acceptors (Lipinski definition) is 3. The van der Waals surface area contributed by atoms with Crippen LogP contribution in [0, 0.1) is 5.92 Å². The van der Waals surface area contributed by atoms with E-state index < -0.39 is 0 Å². The molecule has 2 aromatic carbocycles. The van der Waals surface area contributed by atoms with Crippen LogP contribution in [0.4, 0.5) is 0 Å². The Bertz CT molecular complexity index is 626. The minimum atomic E-state index is -0.0736. The van der Waals surface area contributed by atoms with Crippen molar-refractivity contribution in [2.24, 2.45) is 5.92 Å². The Labute approximate surface area is 142 Å². The van der Waals surface area contributed by atoms with Crippen molar-refractivity contribution in [2.45, 2.75) is 18.9 Å². The lowest BCUT2D eigenvalue weighted by Gasteiger charge is -2.18. The smallest absolute Gasteiger partial charge is 0.246 e. The zero-order chi connectivity index (χ0) is 16.6. The van der Waals surface area contributed by atoms with Crippen molar-refractivity contribution in [1.82, 2.24) is 5.32 Å². The van der Waals surface area contributed by atoms with Gasteiger partial charge in [0.2, 0.25) is 5.91 Å². The van der Waals surface area contributed by atoms with Crippen molar-refractivity contribution in [2.75, 3.05) is 19.8 Å². The van der Waals surface area contributed by atoms with Crippen LogP contribution in [0.15, 0.2) is 60.7 Å². The number of benzene rings is 2. The van der Waals surface area contributed by atoms with E-state index in [0.717, 1.165) is 5.75 Å². The summed E-state index contributed by atoms with van der Waals surface area (Å²) in [6.45, 7) is 0.887. The molecule has 0 aromatic heterocycles. The number of para-hydroxylation sites is 1. The second-order valence-electron chi connectivity index (χ2n) is 6.01. The number of nitrogens with one attached hydrogen (secondary N) is 1. The molecule has 1 amide bonds. The highest BCUT2D eigenvalue weighted by Crippen LogP contribution is 2.40. The van der Waals surface area contributed by atoms with Crippen molar-refractivity contribution in [1.29, 1.82) is 0 Å². The number of amides is 1. The van der Waals surface area contributed by atoms with Crippen LogP contribution in [0.1, 0.15) is 24.4 Å². The van der Waals surface area contributed by atoms with Crippen LogP contribution in [-0.4, -0.2) is 25.7 Å². The second-order valence-corrected chi connectivity index (χ2v) is 6.01. The lowest BCUT2D eigenvalue weighted by molar-refractivity contribution is -0.126. The second kappa shape index (κ2) is 8.50. The van der Waals surface area contributed by atoms with Gasteiger partial charge >= 0.3 is 0 Å². The molecule has 126 valence electrons. The highest BCUT2D eigenvalue weighted by Gasteiger charge is 2.33. The average molecular weight is 325 g/mol. The Morgan fingerprint density at radius 1 is 1.00 bits per heavy atom. The summed E-state index contributed by atoms with van der Waals surface area (Å²) in [6.07, 6.45) is 2.34. The predicted octanol–water partition coefficient (Wildman–Crippen LogP) is 3.35. The molecule has 1 unspecified atom stereocenters. The molecule has 1 fully saturated rings. The van der Waals surface area contributed by atoms with Gasteiger partial charge in [-0.05, 0) is 36.5 Å². The average Bonchev–Trinajstić information content (AvgIpc) is 3.46. The quantitative estimate of drug-likeness (QED) is 0.719. The van der Waals surface area contributed by atoms with Crippen molar-refractivity contribution < 1.29 is 14.3 Å². The maximum atomic E-state index is 12.1. The van der Waals surface area contributed by atoms with Gasteiger partial charge in [-0.1, -0.05) is 48.5 Å². The Hall–Kier alpha value is -2.33. The molecule has 3 rings (SSSR count). The van der Waals surface area contributed by atoms with Crippen LogP contribution >= 0.6 is 0 Å². The number of carbonyl (C=O) groups is 1. The lowest BCUT2D eigenvalue weighted by atomic mass is 10.0. The van der Waals surface area contributed by atoms with Gasteiger partial charge in [0.25, 0.3) is 0 Å². The summed E-state index contributed by atoms with van der Waals surface area (Å²) in [5.41, 5.74) is 1.17. The van der Waals surface area contributed by atoms with Gasteiger partial charge in [0, 0.05) is 0 Å². The van der Waals surface area contributed by atoms with E-state index in [9.17, 15) is 4.79 Å². The summed E-state index contributed by atoms with van der Waals surface area (Å²) in [5.74, 6) is 1.29. The van der Waals surface area contributed by atoms with Crippen LogP contribution in [-0.2, 0) is 9.53 Å². The van der Waals surface area contributed by atoms with Crippen LogP contribution in [0.25, 0.3) is 0 Å². The molecule has 4 nitrogen and oxygen atoms in total. The van der Waals surface area contributed by atoms with E-state index in [2.05, 4.69) is 17.4 Å². The Morgan fingerprint density at radius 2 is 1.67 bits per heavy atom. The molecule has 0 aliphatic heterocycles. The summed E-state index contributed by atoms with van der Waals surface area (Å²) < 4.78 is 10.9. The van der Waals surface area contributed by atoms with Crippen LogP contribution in [0.3, 0.4) is 0 Å². The van der Waals surface area contributed by atoms with E-state index in [-0.39, 0.29) is 18.6 Å². The largest absolute Gasteiger partial charge is 0.491 e. The fourth-order valence-electron chi connectivity index (χ4n) is 2.68. The first-order valence-corrected chi connectivity index (χ1v) is 8.43. The third-order valence-corrected chi connectivity index (χ3v) is 4.04. The van der Waals surface area contributed by atoms with Crippen molar-refractivity contribution >= 4 is 5.91 Å². The van der Waals surface area contributed by atoms with Gasteiger partial charge in [0.1, 0.15) is 19.0 Å². The molecule has 0 bridgehead atoms. The van der Waals surface area contributed by atoms with Crippen LogP contribution < -0.4 is 10.1 Å². The van der Waals surface area contributed by atoms with Gasteiger partial charge in [0.15, 0.2) is 0 Å². The SMILES string of the molecule is O=C(COCCOc1ccccc1)NC(c1ccccc1)C1CC1. The van der Waals surface area contributed by atoms with E-state index in [4.69, 9.17) is 9.47 Å². The molecule has 1 atom stereocenters. The van der Waals surface area contributed by atoms with Gasteiger partial charge in [-0.2, -0.15) is 0 Å². The highest BCUT2D eigenvalue weighted by molar-refractivity contribution is 5.77. The van der Waals surface area contributed by atoms with E-state index in [1.54, 1.807) is 0 Å². The topological polar surface area (TPSA) is 47.6 Å².